The molecule has 1 N–H and O–H groups in total. The molecule has 0 fully saturated rings. The van der Waals surface area contributed by atoms with Gasteiger partial charge in [-0.2, -0.15) is 5.26 Å². The molecule has 0 unspecified atom stereocenters. The van der Waals surface area contributed by atoms with Crippen LogP contribution in [0.1, 0.15) is 9.75 Å². The number of hydrogen-bond acceptors (Lipinski definition) is 5. The third-order valence-corrected chi connectivity index (χ3v) is 3.64. The van der Waals surface area contributed by atoms with Gasteiger partial charge < -0.3 is 5.32 Å². The minimum absolute atomic E-state index is 0.647. The lowest BCUT2D eigenvalue weighted by Gasteiger charge is -1.99. The summed E-state index contributed by atoms with van der Waals surface area (Å²) in [5.74, 6) is 0. The van der Waals surface area contributed by atoms with E-state index < -0.39 is 0 Å². The van der Waals surface area contributed by atoms with Crippen molar-refractivity contribution in [2.45, 2.75) is 6.42 Å². The molecule has 0 aromatic carbocycles. The fraction of sp³-hybridized carbons (Fsp3) is 0.200. The van der Waals surface area contributed by atoms with Crippen LogP contribution in [0.15, 0.2) is 23.7 Å². The average molecular weight is 235 g/mol. The standard InChI is InChI=1S/C10H9N3S2/c11-6-9-7-13-10(15-9)12-4-3-8-2-1-5-14-8/h1-2,5,7H,3-4H2,(H,12,13). The highest BCUT2D eigenvalue weighted by molar-refractivity contribution is 7.16. The fourth-order valence-electron chi connectivity index (χ4n) is 1.15. The van der Waals surface area contributed by atoms with E-state index in [0.717, 1.165) is 18.1 Å². The topological polar surface area (TPSA) is 48.7 Å². The van der Waals surface area contributed by atoms with Crippen molar-refractivity contribution in [3.05, 3.63) is 33.5 Å². The van der Waals surface area contributed by atoms with Crippen LogP contribution < -0.4 is 5.32 Å². The van der Waals surface area contributed by atoms with Gasteiger partial charge in [0.05, 0.1) is 6.20 Å². The van der Waals surface area contributed by atoms with Gasteiger partial charge in [-0.25, -0.2) is 4.98 Å². The van der Waals surface area contributed by atoms with E-state index in [1.54, 1.807) is 17.5 Å². The van der Waals surface area contributed by atoms with Gasteiger partial charge in [0.1, 0.15) is 10.9 Å². The quantitative estimate of drug-likeness (QED) is 0.886. The Hall–Kier alpha value is -1.38. The highest BCUT2D eigenvalue weighted by Crippen LogP contribution is 2.17. The molecule has 2 rings (SSSR count). The highest BCUT2D eigenvalue weighted by atomic mass is 32.1. The number of thiazole rings is 1. The van der Waals surface area contributed by atoms with Gasteiger partial charge in [-0.05, 0) is 17.9 Å². The number of nitrogens with one attached hydrogen (secondary N) is 1. The zero-order chi connectivity index (χ0) is 10.5. The first-order chi connectivity index (χ1) is 7.38. The Labute approximate surface area is 96.0 Å². The van der Waals surface area contributed by atoms with E-state index in [9.17, 15) is 0 Å². The first-order valence-electron chi connectivity index (χ1n) is 4.50. The number of aromatic nitrogens is 1. The number of thiophene rings is 1. The van der Waals surface area contributed by atoms with Gasteiger partial charge in [-0.1, -0.05) is 17.4 Å². The maximum absolute atomic E-state index is 8.62. The van der Waals surface area contributed by atoms with Crippen LogP contribution >= 0.6 is 22.7 Å². The molecule has 3 nitrogen and oxygen atoms in total. The molecule has 0 aliphatic carbocycles. The molecule has 15 heavy (non-hydrogen) atoms. The molecular formula is C10H9N3S2. The minimum atomic E-state index is 0.647. The SMILES string of the molecule is N#Cc1cnc(NCCc2cccs2)s1. The van der Waals surface area contributed by atoms with Crippen LogP contribution in [0.5, 0.6) is 0 Å². The van der Waals surface area contributed by atoms with Crippen molar-refractivity contribution >= 4 is 27.8 Å². The van der Waals surface area contributed by atoms with E-state index in [1.165, 1.54) is 16.2 Å². The molecule has 2 heterocycles. The zero-order valence-corrected chi connectivity index (χ0v) is 9.57. The van der Waals surface area contributed by atoms with E-state index in [0.29, 0.717) is 4.88 Å². The Bertz CT molecular complexity index is 453. The minimum Gasteiger partial charge on any atom is -0.361 e. The Morgan fingerprint density at radius 1 is 1.53 bits per heavy atom. The molecule has 0 atom stereocenters. The molecule has 2 aromatic heterocycles. The number of anilines is 1. The molecule has 5 heteroatoms. The van der Waals surface area contributed by atoms with Gasteiger partial charge in [-0.15, -0.1) is 11.3 Å². The number of hydrogen-bond donors (Lipinski definition) is 1. The summed E-state index contributed by atoms with van der Waals surface area (Å²) >= 11 is 3.15. The lowest BCUT2D eigenvalue weighted by atomic mass is 10.3. The first-order valence-corrected chi connectivity index (χ1v) is 6.20. The second kappa shape index (κ2) is 4.91. The van der Waals surface area contributed by atoms with Crippen molar-refractivity contribution in [1.82, 2.24) is 4.98 Å². The number of nitriles is 1. The van der Waals surface area contributed by atoms with E-state index in [4.69, 9.17) is 5.26 Å². The van der Waals surface area contributed by atoms with Crippen LogP contribution in [-0.4, -0.2) is 11.5 Å². The van der Waals surface area contributed by atoms with Gasteiger partial charge in [0.15, 0.2) is 5.13 Å². The zero-order valence-electron chi connectivity index (χ0n) is 7.93. The molecule has 2 aromatic rings. The van der Waals surface area contributed by atoms with Crippen molar-refractivity contribution in [3.8, 4) is 6.07 Å². The monoisotopic (exact) mass is 235 g/mol. The Kier molecular flexibility index (Phi) is 3.33. The summed E-state index contributed by atoms with van der Waals surface area (Å²) in [6, 6.07) is 6.24. The predicted molar refractivity (Wildman–Crippen MR) is 63.3 cm³/mol. The van der Waals surface area contributed by atoms with Gasteiger partial charge in [0.25, 0.3) is 0 Å². The molecule has 0 bridgehead atoms. The van der Waals surface area contributed by atoms with E-state index in [2.05, 4.69) is 33.9 Å². The van der Waals surface area contributed by atoms with Crippen LogP contribution in [-0.2, 0) is 6.42 Å². The molecule has 76 valence electrons. The van der Waals surface area contributed by atoms with Crippen molar-refractivity contribution < 1.29 is 0 Å². The predicted octanol–water partition coefficient (Wildman–Crippen LogP) is 2.73. The highest BCUT2D eigenvalue weighted by Gasteiger charge is 2.00. The van der Waals surface area contributed by atoms with E-state index in [-0.39, 0.29) is 0 Å². The van der Waals surface area contributed by atoms with Crippen molar-refractivity contribution in [3.63, 3.8) is 0 Å². The van der Waals surface area contributed by atoms with Gasteiger partial charge in [0.2, 0.25) is 0 Å². The lowest BCUT2D eigenvalue weighted by Crippen LogP contribution is -2.02. The van der Waals surface area contributed by atoms with E-state index >= 15 is 0 Å². The van der Waals surface area contributed by atoms with Crippen molar-refractivity contribution in [2.75, 3.05) is 11.9 Å². The Morgan fingerprint density at radius 3 is 3.13 bits per heavy atom. The number of nitrogens with zero attached hydrogens (tertiary/aromatic N) is 2. The molecule has 0 aliphatic heterocycles. The van der Waals surface area contributed by atoms with Crippen molar-refractivity contribution in [1.29, 1.82) is 5.26 Å². The largest absolute Gasteiger partial charge is 0.361 e. The first kappa shape index (κ1) is 10.1. The summed E-state index contributed by atoms with van der Waals surface area (Å²) in [4.78, 5) is 6.10. The summed E-state index contributed by atoms with van der Waals surface area (Å²) in [5, 5.41) is 14.7. The van der Waals surface area contributed by atoms with Crippen LogP contribution in [0.2, 0.25) is 0 Å². The summed E-state index contributed by atoms with van der Waals surface area (Å²) in [6.45, 7) is 0.860. The second-order valence-electron chi connectivity index (χ2n) is 2.90. The lowest BCUT2D eigenvalue weighted by molar-refractivity contribution is 1.04. The summed E-state index contributed by atoms with van der Waals surface area (Å²) < 4.78 is 0. The molecule has 0 aliphatic rings. The third kappa shape index (κ3) is 2.78. The maximum atomic E-state index is 8.62. The fourth-order valence-corrected chi connectivity index (χ4v) is 2.50. The third-order valence-electron chi connectivity index (χ3n) is 1.84. The molecule has 0 saturated heterocycles. The summed E-state index contributed by atoms with van der Waals surface area (Å²) in [5.41, 5.74) is 0. The van der Waals surface area contributed by atoms with Gasteiger partial charge in [0, 0.05) is 11.4 Å². The van der Waals surface area contributed by atoms with Crippen LogP contribution in [0.4, 0.5) is 5.13 Å². The van der Waals surface area contributed by atoms with Crippen LogP contribution in [0.25, 0.3) is 0 Å². The molecule has 0 radical (unpaired) electrons. The Balaban J connectivity index is 1.81. The molecule has 0 saturated carbocycles. The maximum Gasteiger partial charge on any atom is 0.183 e. The van der Waals surface area contributed by atoms with Crippen molar-refractivity contribution in [2.24, 2.45) is 0 Å². The second-order valence-corrected chi connectivity index (χ2v) is 4.96. The normalized spacial score (nSPS) is 9.80. The van der Waals surface area contributed by atoms with Crippen LogP contribution in [0.3, 0.4) is 0 Å². The molecule has 0 amide bonds. The molecular weight excluding hydrogens is 226 g/mol. The number of rotatable bonds is 4. The molecule has 0 spiro atoms. The van der Waals surface area contributed by atoms with E-state index in [1.807, 2.05) is 0 Å². The van der Waals surface area contributed by atoms with Gasteiger partial charge in [-0.3, -0.25) is 0 Å². The summed E-state index contributed by atoms with van der Waals surface area (Å²) in [6.07, 6.45) is 2.59. The van der Waals surface area contributed by atoms with Gasteiger partial charge >= 0.3 is 0 Å². The smallest absolute Gasteiger partial charge is 0.183 e. The Morgan fingerprint density at radius 2 is 2.47 bits per heavy atom. The van der Waals surface area contributed by atoms with Crippen LogP contribution in [0, 0.1) is 11.3 Å². The average Bonchev–Trinajstić information content (AvgIpc) is 2.88. The summed E-state index contributed by atoms with van der Waals surface area (Å²) in [7, 11) is 0.